The summed E-state index contributed by atoms with van der Waals surface area (Å²) in [5, 5.41) is 10.3. The van der Waals surface area contributed by atoms with Crippen LogP contribution in [-0.4, -0.2) is 48.7 Å². The molecule has 1 aromatic carbocycles. The van der Waals surface area contributed by atoms with Gasteiger partial charge in [-0.05, 0) is 24.2 Å². The lowest BCUT2D eigenvalue weighted by molar-refractivity contribution is -0.192. The van der Waals surface area contributed by atoms with Gasteiger partial charge in [0, 0.05) is 12.1 Å². The van der Waals surface area contributed by atoms with E-state index in [0.29, 0.717) is 0 Å². The van der Waals surface area contributed by atoms with E-state index in [9.17, 15) is 53.1 Å². The van der Waals surface area contributed by atoms with Crippen LogP contribution in [0.25, 0.3) is 0 Å². The summed E-state index contributed by atoms with van der Waals surface area (Å²) in [6.45, 7) is 1.02. The quantitative estimate of drug-likeness (QED) is 0.0507. The number of sulfonamides is 1. The lowest BCUT2D eigenvalue weighted by Gasteiger charge is -2.20. The first-order valence-electron chi connectivity index (χ1n) is 10.2. The maximum Gasteiger partial charge on any atom is 0.490 e. The van der Waals surface area contributed by atoms with Crippen molar-refractivity contribution >= 4 is 33.5 Å². The standard InChI is InChI=1S/C17H17F5N6O5S.C2HF3O2/c1-6-2-3-7(16(30)28(6)8(15(23)29)4-5-33-26-17(24)25)27-34(31,32)14-12(21)10(19)9(18)11(20)13(14)22;3-2(4,5)1(6)7/h2-3,8,27H,4-5H2,1H3,(H2,23,29)(H4,24,25,26);(H,6,7). The average molecular weight is 626 g/mol. The number of primary amides is 1. The number of nitrogens with zero attached hydrogens (tertiary/aromatic N) is 2. The van der Waals surface area contributed by atoms with Crippen LogP contribution in [0, 0.1) is 36.0 Å². The van der Waals surface area contributed by atoms with Crippen LogP contribution < -0.4 is 27.5 Å². The van der Waals surface area contributed by atoms with Crippen molar-refractivity contribution in [2.75, 3.05) is 11.3 Å². The number of amides is 1. The molecule has 1 unspecified atom stereocenters. The molecule has 41 heavy (non-hydrogen) atoms. The van der Waals surface area contributed by atoms with Crippen molar-refractivity contribution in [1.29, 1.82) is 0 Å². The van der Waals surface area contributed by atoms with E-state index in [1.165, 1.54) is 11.6 Å². The Balaban J connectivity index is 0.00000106. The first-order chi connectivity index (χ1) is 18.6. The van der Waals surface area contributed by atoms with Gasteiger partial charge in [-0.1, -0.05) is 0 Å². The summed E-state index contributed by atoms with van der Waals surface area (Å²) in [5.41, 5.74) is 13.4. The van der Waals surface area contributed by atoms with Crippen LogP contribution in [0.4, 0.5) is 40.8 Å². The Morgan fingerprint density at radius 1 is 1.02 bits per heavy atom. The molecule has 1 amide bonds. The Labute approximate surface area is 223 Å². The van der Waals surface area contributed by atoms with E-state index in [1.54, 1.807) is 0 Å². The van der Waals surface area contributed by atoms with Crippen molar-refractivity contribution in [3.8, 4) is 0 Å². The number of aryl methyl sites for hydroxylation is 1. The van der Waals surface area contributed by atoms with Crippen molar-refractivity contribution < 1.29 is 63.1 Å². The fourth-order valence-electron chi connectivity index (χ4n) is 2.81. The molecule has 0 radical (unpaired) electrons. The molecule has 228 valence electrons. The number of carboxylic acid groups (broad SMARTS) is 1. The van der Waals surface area contributed by atoms with Crippen molar-refractivity contribution in [1.82, 2.24) is 4.57 Å². The minimum Gasteiger partial charge on any atom is -0.475 e. The Kier molecular flexibility index (Phi) is 11.0. The van der Waals surface area contributed by atoms with Crippen LogP contribution in [0.3, 0.4) is 0 Å². The molecule has 8 N–H and O–H groups in total. The van der Waals surface area contributed by atoms with Crippen LogP contribution >= 0.6 is 0 Å². The van der Waals surface area contributed by atoms with Crippen LogP contribution in [0.15, 0.2) is 27.0 Å². The van der Waals surface area contributed by atoms with Gasteiger partial charge in [0.1, 0.15) is 18.3 Å². The minimum atomic E-state index is -5.51. The molecular weight excluding hydrogens is 608 g/mol. The zero-order valence-corrected chi connectivity index (χ0v) is 20.9. The molecule has 13 nitrogen and oxygen atoms in total. The molecule has 22 heteroatoms. The second kappa shape index (κ2) is 13.1. The molecule has 1 atom stereocenters. The number of rotatable bonds is 9. The Morgan fingerprint density at radius 3 is 1.90 bits per heavy atom. The van der Waals surface area contributed by atoms with Gasteiger partial charge in [-0.25, -0.2) is 35.2 Å². The normalized spacial score (nSPS) is 12.0. The fraction of sp³-hybridized carbons (Fsp3) is 0.263. The number of anilines is 1. The predicted molar refractivity (Wildman–Crippen MR) is 121 cm³/mol. The zero-order chi connectivity index (χ0) is 32.0. The number of aromatic nitrogens is 1. The first-order valence-corrected chi connectivity index (χ1v) is 11.7. The Hall–Kier alpha value is -4.63. The maximum absolute atomic E-state index is 14.0. The molecule has 0 saturated carbocycles. The smallest absolute Gasteiger partial charge is 0.475 e. The number of nitrogens with two attached hydrogens (primary N) is 3. The number of guanidine groups is 1. The number of aliphatic carboxylic acids is 1. The molecule has 2 aromatic rings. The summed E-state index contributed by atoms with van der Waals surface area (Å²) in [6, 6.07) is 0.552. The van der Waals surface area contributed by atoms with E-state index in [-0.39, 0.29) is 18.7 Å². The third-order valence-electron chi connectivity index (χ3n) is 4.54. The molecule has 0 aliphatic rings. The zero-order valence-electron chi connectivity index (χ0n) is 20.1. The molecule has 1 aromatic heterocycles. The van der Waals surface area contributed by atoms with Gasteiger partial charge in [0.25, 0.3) is 15.6 Å². The molecule has 0 fully saturated rings. The first kappa shape index (κ1) is 34.4. The Bertz CT molecular complexity index is 1500. The second-order valence-electron chi connectivity index (χ2n) is 7.43. The van der Waals surface area contributed by atoms with Gasteiger partial charge in [-0.15, -0.1) is 0 Å². The van der Waals surface area contributed by atoms with Crippen molar-refractivity contribution in [3.05, 3.63) is 57.3 Å². The summed E-state index contributed by atoms with van der Waals surface area (Å²) in [4.78, 5) is 36.2. The lowest BCUT2D eigenvalue weighted by atomic mass is 10.1. The highest BCUT2D eigenvalue weighted by Gasteiger charge is 2.38. The van der Waals surface area contributed by atoms with Crippen LogP contribution in [0.2, 0.25) is 0 Å². The third kappa shape index (κ3) is 8.43. The number of halogens is 8. The minimum absolute atomic E-state index is 0.0924. The van der Waals surface area contributed by atoms with Crippen molar-refractivity contribution in [2.45, 2.75) is 30.5 Å². The average Bonchev–Trinajstić information content (AvgIpc) is 2.84. The van der Waals surface area contributed by atoms with Crippen molar-refractivity contribution in [2.24, 2.45) is 22.4 Å². The number of pyridine rings is 1. The van der Waals surface area contributed by atoms with Gasteiger partial charge in [0.05, 0.1) is 0 Å². The van der Waals surface area contributed by atoms with Gasteiger partial charge in [0.2, 0.25) is 17.7 Å². The van der Waals surface area contributed by atoms with Gasteiger partial charge in [-0.2, -0.15) is 13.2 Å². The Morgan fingerprint density at radius 2 is 1.49 bits per heavy atom. The molecule has 0 saturated heterocycles. The van der Waals surface area contributed by atoms with E-state index in [1.807, 2.05) is 0 Å². The molecule has 1 heterocycles. The summed E-state index contributed by atoms with van der Waals surface area (Å²) in [6.07, 6.45) is -5.36. The highest BCUT2D eigenvalue weighted by molar-refractivity contribution is 7.92. The molecular formula is C19H18F8N6O7S. The number of hydrogen-bond acceptors (Lipinski definition) is 7. The SMILES string of the molecule is Cc1ccc(NS(=O)(=O)c2c(F)c(F)c(F)c(F)c2F)c(=O)n1C(CCON=C(N)N)C(N)=O.O=C(O)C(F)(F)F. The van der Waals surface area contributed by atoms with Gasteiger partial charge >= 0.3 is 12.1 Å². The summed E-state index contributed by atoms with van der Waals surface area (Å²) in [5.74, 6) is -17.1. The molecule has 0 aliphatic carbocycles. The van der Waals surface area contributed by atoms with Gasteiger partial charge in [-0.3, -0.25) is 18.9 Å². The highest BCUT2D eigenvalue weighted by atomic mass is 32.2. The summed E-state index contributed by atoms with van der Waals surface area (Å²) in [7, 11) is -5.51. The number of carboxylic acids is 1. The van der Waals surface area contributed by atoms with Gasteiger partial charge < -0.3 is 27.1 Å². The van der Waals surface area contributed by atoms with E-state index in [4.69, 9.17) is 31.9 Å². The fourth-order valence-corrected chi connectivity index (χ4v) is 4.01. The number of hydrogen-bond donors (Lipinski definition) is 5. The number of carbonyl (C=O) groups excluding carboxylic acids is 1. The van der Waals surface area contributed by atoms with E-state index < -0.39 is 85.3 Å². The van der Waals surface area contributed by atoms with Crippen molar-refractivity contribution in [3.63, 3.8) is 0 Å². The lowest BCUT2D eigenvalue weighted by Crippen LogP contribution is -2.37. The second-order valence-corrected chi connectivity index (χ2v) is 9.05. The molecule has 0 bridgehead atoms. The van der Waals surface area contributed by atoms with E-state index >= 15 is 0 Å². The van der Waals surface area contributed by atoms with Crippen LogP contribution in [-0.2, 0) is 24.4 Å². The topological polar surface area (TPSA) is 222 Å². The van der Waals surface area contributed by atoms with E-state index in [0.717, 1.165) is 16.7 Å². The summed E-state index contributed by atoms with van der Waals surface area (Å²) >= 11 is 0. The van der Waals surface area contributed by atoms with Crippen LogP contribution in [0.5, 0.6) is 0 Å². The van der Waals surface area contributed by atoms with Gasteiger partial charge in [0.15, 0.2) is 28.2 Å². The summed E-state index contributed by atoms with van der Waals surface area (Å²) < 4.78 is 127. The van der Waals surface area contributed by atoms with Crippen LogP contribution in [0.1, 0.15) is 18.2 Å². The van der Waals surface area contributed by atoms with E-state index in [2.05, 4.69) is 5.16 Å². The molecule has 0 aliphatic heterocycles. The number of oxime groups is 1. The third-order valence-corrected chi connectivity index (χ3v) is 5.92. The molecule has 0 spiro atoms. The predicted octanol–water partition coefficient (Wildman–Crippen LogP) is 0.908. The number of nitrogens with one attached hydrogen (secondary N) is 1. The number of carbonyl (C=O) groups is 2. The molecule has 2 rings (SSSR count). The number of alkyl halides is 3. The highest BCUT2D eigenvalue weighted by Crippen LogP contribution is 2.28. The number of benzene rings is 1. The largest absolute Gasteiger partial charge is 0.490 e. The maximum atomic E-state index is 14.0. The monoisotopic (exact) mass is 626 g/mol.